The molecule has 6 heteroatoms. The molecule has 25 heavy (non-hydrogen) atoms. The van der Waals surface area contributed by atoms with Crippen LogP contribution in [0.15, 0.2) is 59.5 Å². The maximum atomic E-state index is 12.4. The number of nitrogens with one attached hydrogen (secondary N) is 2. The number of nitrogens with zero attached hydrogens (tertiary/aromatic N) is 2. The lowest BCUT2D eigenvalue weighted by Crippen LogP contribution is -2.47. The van der Waals surface area contributed by atoms with Gasteiger partial charge >= 0.3 is 0 Å². The first-order chi connectivity index (χ1) is 12.2. The molecule has 0 fully saturated rings. The normalized spacial score (nSPS) is 16.4. The Hall–Kier alpha value is -2.99. The smallest absolute Gasteiger partial charge is 0.258 e. The summed E-state index contributed by atoms with van der Waals surface area (Å²) in [6.45, 7) is 0.920. The van der Waals surface area contributed by atoms with E-state index in [1.54, 1.807) is 18.3 Å². The second kappa shape index (κ2) is 6.49. The van der Waals surface area contributed by atoms with E-state index in [0.717, 1.165) is 0 Å². The highest BCUT2D eigenvalue weighted by Crippen LogP contribution is 2.16. The molecule has 0 saturated carbocycles. The van der Waals surface area contributed by atoms with Crippen LogP contribution in [0.1, 0.15) is 16.8 Å². The number of carbonyl (C=O) groups excluding carboxylic acids is 1. The number of pyridine rings is 1. The van der Waals surface area contributed by atoms with Gasteiger partial charge in [0, 0.05) is 18.8 Å². The van der Waals surface area contributed by atoms with Crippen LogP contribution in [0.4, 0.5) is 0 Å². The van der Waals surface area contributed by atoms with Crippen LogP contribution in [0.5, 0.6) is 0 Å². The van der Waals surface area contributed by atoms with E-state index in [0.29, 0.717) is 24.3 Å². The van der Waals surface area contributed by atoms with Crippen LogP contribution in [-0.2, 0) is 24.3 Å². The van der Waals surface area contributed by atoms with Gasteiger partial charge in [0.2, 0.25) is 5.91 Å². The maximum absolute atomic E-state index is 12.4. The molecule has 1 amide bonds. The number of hydrogen-bond donors (Lipinski definition) is 2. The van der Waals surface area contributed by atoms with Crippen LogP contribution in [-0.4, -0.2) is 21.3 Å². The zero-order valence-corrected chi connectivity index (χ0v) is 13.6. The van der Waals surface area contributed by atoms with Crippen LogP contribution in [0, 0.1) is 0 Å². The van der Waals surface area contributed by atoms with E-state index >= 15 is 0 Å². The molecule has 0 aliphatic carbocycles. The lowest BCUT2D eigenvalue weighted by atomic mass is 9.95. The minimum absolute atomic E-state index is 0.0791. The SMILES string of the molecule is O=C(NCc1cc(=O)n2ccccc2n1)[C@@H]1Cc2ccccc2CN1. The van der Waals surface area contributed by atoms with Crippen molar-refractivity contribution in [3.8, 4) is 0 Å². The Kier molecular flexibility index (Phi) is 4.03. The molecule has 1 aliphatic heterocycles. The van der Waals surface area contributed by atoms with Crippen LogP contribution >= 0.6 is 0 Å². The van der Waals surface area contributed by atoms with Gasteiger partial charge in [-0.2, -0.15) is 0 Å². The fraction of sp³-hybridized carbons (Fsp3) is 0.211. The average Bonchev–Trinajstić information content (AvgIpc) is 2.66. The Bertz CT molecular complexity index is 996. The summed E-state index contributed by atoms with van der Waals surface area (Å²) >= 11 is 0. The van der Waals surface area contributed by atoms with E-state index in [1.807, 2.05) is 18.2 Å². The standard InChI is InChI=1S/C19H18N4O2/c24-18-10-15(22-17-7-3-4-8-23(17)18)12-21-19(25)16-9-13-5-1-2-6-14(13)11-20-16/h1-8,10,16,20H,9,11-12H2,(H,21,25)/t16-/m0/s1. The highest BCUT2D eigenvalue weighted by molar-refractivity contribution is 5.82. The highest BCUT2D eigenvalue weighted by atomic mass is 16.2. The maximum Gasteiger partial charge on any atom is 0.258 e. The van der Waals surface area contributed by atoms with E-state index in [1.165, 1.54) is 21.6 Å². The van der Waals surface area contributed by atoms with Gasteiger partial charge < -0.3 is 10.6 Å². The molecule has 3 aromatic rings. The van der Waals surface area contributed by atoms with E-state index in [9.17, 15) is 9.59 Å². The second-order valence-electron chi connectivity index (χ2n) is 6.14. The van der Waals surface area contributed by atoms with Gasteiger partial charge in [0.25, 0.3) is 5.56 Å². The Balaban J connectivity index is 1.45. The summed E-state index contributed by atoms with van der Waals surface area (Å²) in [5.74, 6) is -0.0791. The quantitative estimate of drug-likeness (QED) is 0.750. The Morgan fingerprint density at radius 1 is 1.20 bits per heavy atom. The molecule has 126 valence electrons. The van der Waals surface area contributed by atoms with Gasteiger partial charge in [0.15, 0.2) is 0 Å². The van der Waals surface area contributed by atoms with Gasteiger partial charge in [-0.1, -0.05) is 30.3 Å². The fourth-order valence-corrected chi connectivity index (χ4v) is 3.13. The van der Waals surface area contributed by atoms with E-state index in [2.05, 4.69) is 27.8 Å². The number of hydrogen-bond acceptors (Lipinski definition) is 4. The van der Waals surface area contributed by atoms with Crippen molar-refractivity contribution in [1.82, 2.24) is 20.0 Å². The van der Waals surface area contributed by atoms with Gasteiger partial charge in [-0.25, -0.2) is 4.98 Å². The van der Waals surface area contributed by atoms with Crippen LogP contribution < -0.4 is 16.2 Å². The summed E-state index contributed by atoms with van der Waals surface area (Å²) in [4.78, 5) is 28.9. The summed E-state index contributed by atoms with van der Waals surface area (Å²) in [5.41, 5.74) is 3.41. The Morgan fingerprint density at radius 3 is 2.88 bits per heavy atom. The molecular formula is C19H18N4O2. The zero-order chi connectivity index (χ0) is 17.2. The van der Waals surface area contributed by atoms with Gasteiger partial charge in [0.1, 0.15) is 5.65 Å². The number of benzene rings is 1. The first-order valence-corrected chi connectivity index (χ1v) is 8.26. The van der Waals surface area contributed by atoms with Crippen molar-refractivity contribution in [2.75, 3.05) is 0 Å². The van der Waals surface area contributed by atoms with Crippen molar-refractivity contribution >= 4 is 11.6 Å². The first kappa shape index (κ1) is 15.5. The summed E-state index contributed by atoms with van der Waals surface area (Å²) in [6, 6.07) is 14.7. The van der Waals surface area contributed by atoms with Crippen molar-refractivity contribution in [2.45, 2.75) is 25.6 Å². The number of aromatic nitrogens is 2. The van der Waals surface area contributed by atoms with Crippen molar-refractivity contribution in [3.05, 3.63) is 81.9 Å². The molecule has 3 heterocycles. The third kappa shape index (κ3) is 3.16. The van der Waals surface area contributed by atoms with Gasteiger partial charge in [-0.05, 0) is 29.7 Å². The predicted octanol–water partition coefficient (Wildman–Crippen LogP) is 1.03. The van der Waals surface area contributed by atoms with Crippen LogP contribution in [0.3, 0.4) is 0 Å². The molecule has 6 nitrogen and oxygen atoms in total. The fourth-order valence-electron chi connectivity index (χ4n) is 3.13. The molecule has 2 aromatic heterocycles. The van der Waals surface area contributed by atoms with Crippen LogP contribution in [0.2, 0.25) is 0 Å². The molecule has 0 bridgehead atoms. The van der Waals surface area contributed by atoms with Crippen LogP contribution in [0.25, 0.3) is 5.65 Å². The summed E-state index contributed by atoms with van der Waals surface area (Å²) in [6.07, 6.45) is 2.34. The lowest BCUT2D eigenvalue weighted by Gasteiger charge is -2.25. The number of rotatable bonds is 3. The Labute approximate surface area is 144 Å². The molecule has 1 aromatic carbocycles. The molecule has 0 radical (unpaired) electrons. The zero-order valence-electron chi connectivity index (χ0n) is 13.6. The van der Waals surface area contributed by atoms with E-state index < -0.39 is 0 Å². The third-order valence-electron chi connectivity index (χ3n) is 4.47. The van der Waals surface area contributed by atoms with Crippen molar-refractivity contribution in [1.29, 1.82) is 0 Å². The number of fused-ring (bicyclic) bond motifs is 2. The monoisotopic (exact) mass is 334 g/mol. The molecule has 0 unspecified atom stereocenters. The molecule has 1 atom stereocenters. The second-order valence-corrected chi connectivity index (χ2v) is 6.14. The minimum Gasteiger partial charge on any atom is -0.349 e. The number of carbonyl (C=O) groups is 1. The largest absolute Gasteiger partial charge is 0.349 e. The van der Waals surface area contributed by atoms with Gasteiger partial charge in [-0.3, -0.25) is 14.0 Å². The molecular weight excluding hydrogens is 316 g/mol. The predicted molar refractivity (Wildman–Crippen MR) is 94.1 cm³/mol. The average molecular weight is 334 g/mol. The van der Waals surface area contributed by atoms with E-state index in [4.69, 9.17) is 0 Å². The number of amides is 1. The molecule has 2 N–H and O–H groups in total. The lowest BCUT2D eigenvalue weighted by molar-refractivity contribution is -0.123. The summed E-state index contributed by atoms with van der Waals surface area (Å²) in [5, 5.41) is 6.13. The first-order valence-electron chi connectivity index (χ1n) is 8.26. The topological polar surface area (TPSA) is 75.5 Å². The van der Waals surface area contributed by atoms with Gasteiger partial charge in [0.05, 0.1) is 18.3 Å². The minimum atomic E-state index is -0.267. The molecule has 0 spiro atoms. The van der Waals surface area contributed by atoms with Crippen molar-refractivity contribution in [2.24, 2.45) is 0 Å². The van der Waals surface area contributed by atoms with E-state index in [-0.39, 0.29) is 24.1 Å². The summed E-state index contributed by atoms with van der Waals surface area (Å²) < 4.78 is 1.48. The highest BCUT2D eigenvalue weighted by Gasteiger charge is 2.23. The van der Waals surface area contributed by atoms with Crippen molar-refractivity contribution in [3.63, 3.8) is 0 Å². The molecule has 0 saturated heterocycles. The molecule has 1 aliphatic rings. The Morgan fingerprint density at radius 2 is 2.00 bits per heavy atom. The third-order valence-corrected chi connectivity index (χ3v) is 4.47. The molecule has 4 rings (SSSR count). The van der Waals surface area contributed by atoms with Gasteiger partial charge in [-0.15, -0.1) is 0 Å². The summed E-state index contributed by atoms with van der Waals surface area (Å²) in [7, 11) is 0. The van der Waals surface area contributed by atoms with Crippen molar-refractivity contribution < 1.29 is 4.79 Å².